The number of fused-ring (bicyclic) bond motifs is 1. The zero-order chi connectivity index (χ0) is 23.6. The molecule has 9 heteroatoms. The Morgan fingerprint density at radius 3 is 2.67 bits per heavy atom. The van der Waals surface area contributed by atoms with Gasteiger partial charge < -0.3 is 25.4 Å². The van der Waals surface area contributed by atoms with Crippen LogP contribution in [0.3, 0.4) is 0 Å². The number of carbonyl (C=O) groups is 3. The number of nitrogens with zero attached hydrogens (tertiary/aromatic N) is 1. The third kappa shape index (κ3) is 4.31. The van der Waals surface area contributed by atoms with E-state index >= 15 is 0 Å². The normalized spacial score (nSPS) is 32.2. The molecule has 6 atom stereocenters. The van der Waals surface area contributed by atoms with Gasteiger partial charge in [-0.25, -0.2) is 0 Å². The first-order valence-electron chi connectivity index (χ1n) is 11.8. The van der Waals surface area contributed by atoms with Crippen molar-refractivity contribution in [2.45, 2.75) is 61.7 Å². The van der Waals surface area contributed by atoms with Crippen LogP contribution in [0.5, 0.6) is 0 Å². The predicted octanol–water partition coefficient (Wildman–Crippen LogP) is 1.35. The van der Waals surface area contributed by atoms with Gasteiger partial charge in [0.05, 0.1) is 17.9 Å². The summed E-state index contributed by atoms with van der Waals surface area (Å²) in [6.45, 7) is 3.21. The number of rotatable bonds is 10. The maximum atomic E-state index is 13.7. The minimum atomic E-state index is -1.04. The average molecular weight is 522 g/mol. The molecule has 1 aromatic rings. The lowest BCUT2D eigenvalue weighted by molar-refractivity contribution is -0.142. The van der Waals surface area contributed by atoms with Crippen LogP contribution in [0.2, 0.25) is 0 Å². The van der Waals surface area contributed by atoms with E-state index in [1.807, 2.05) is 37.3 Å². The van der Waals surface area contributed by atoms with Crippen molar-refractivity contribution in [3.05, 3.63) is 35.9 Å². The molecule has 1 spiro atoms. The molecule has 3 fully saturated rings. The van der Waals surface area contributed by atoms with E-state index in [1.165, 1.54) is 0 Å². The number of carbonyl (C=O) groups excluding carboxylic acids is 3. The molecule has 0 radical (unpaired) electrons. The zero-order valence-electron chi connectivity index (χ0n) is 18.8. The van der Waals surface area contributed by atoms with Crippen LogP contribution < -0.4 is 10.6 Å². The molecule has 0 aromatic heterocycles. The molecule has 180 valence electrons. The molecule has 3 aliphatic rings. The monoisotopic (exact) mass is 521 g/mol. The van der Waals surface area contributed by atoms with Gasteiger partial charge in [0.1, 0.15) is 11.6 Å². The number of benzene rings is 1. The quantitative estimate of drug-likeness (QED) is 0.318. The van der Waals surface area contributed by atoms with Gasteiger partial charge in [0.25, 0.3) is 0 Å². The number of hydrogen-bond donors (Lipinski definition) is 3. The number of nitrogens with one attached hydrogen (secondary N) is 2. The topological polar surface area (TPSA) is 108 Å². The van der Waals surface area contributed by atoms with Crippen LogP contribution in [0.25, 0.3) is 0 Å². The SMILES string of the molecule is CCCNC(=O)[C@H]1[C@H]2C(=O)N(CCCCO)C(C(=O)NCc3ccccc3)C23CC(Br)[C@@H]1O3. The lowest BCUT2D eigenvalue weighted by atomic mass is 9.70. The van der Waals surface area contributed by atoms with Crippen LogP contribution in [0.1, 0.15) is 38.2 Å². The number of ether oxygens (including phenoxy) is 1. The van der Waals surface area contributed by atoms with Gasteiger partial charge in [0, 0.05) is 31.1 Å². The minimum absolute atomic E-state index is 0.0194. The lowest BCUT2D eigenvalue weighted by Gasteiger charge is -2.34. The third-order valence-corrected chi connectivity index (χ3v) is 7.85. The second kappa shape index (κ2) is 10.1. The Morgan fingerprint density at radius 1 is 1.21 bits per heavy atom. The highest BCUT2D eigenvalue weighted by Crippen LogP contribution is 2.59. The van der Waals surface area contributed by atoms with Gasteiger partial charge in [-0.1, -0.05) is 53.2 Å². The fourth-order valence-corrected chi connectivity index (χ4v) is 6.55. The van der Waals surface area contributed by atoms with Gasteiger partial charge >= 0.3 is 0 Å². The van der Waals surface area contributed by atoms with E-state index in [0.717, 1.165) is 12.0 Å². The average Bonchev–Trinajstić information content (AvgIpc) is 3.40. The predicted molar refractivity (Wildman–Crippen MR) is 125 cm³/mol. The molecular formula is C24H32BrN3O5. The highest BCUT2D eigenvalue weighted by molar-refractivity contribution is 9.09. The van der Waals surface area contributed by atoms with Gasteiger partial charge in [-0.3, -0.25) is 14.4 Å². The number of hydrogen-bond acceptors (Lipinski definition) is 5. The molecule has 2 bridgehead atoms. The fourth-order valence-electron chi connectivity index (χ4n) is 5.61. The van der Waals surface area contributed by atoms with E-state index in [4.69, 9.17) is 4.74 Å². The smallest absolute Gasteiger partial charge is 0.246 e. The number of halogens is 1. The molecule has 4 rings (SSSR count). The Morgan fingerprint density at radius 2 is 1.97 bits per heavy atom. The molecule has 3 heterocycles. The van der Waals surface area contributed by atoms with Crippen molar-refractivity contribution in [1.29, 1.82) is 0 Å². The van der Waals surface area contributed by atoms with E-state index in [-0.39, 0.29) is 29.2 Å². The van der Waals surface area contributed by atoms with Crippen molar-refractivity contribution >= 4 is 33.7 Å². The maximum absolute atomic E-state index is 13.7. The summed E-state index contributed by atoms with van der Waals surface area (Å²) in [7, 11) is 0. The third-order valence-electron chi connectivity index (χ3n) is 7.01. The maximum Gasteiger partial charge on any atom is 0.246 e. The molecule has 33 heavy (non-hydrogen) atoms. The number of aliphatic hydroxyl groups excluding tert-OH is 1. The van der Waals surface area contributed by atoms with E-state index < -0.39 is 29.6 Å². The van der Waals surface area contributed by atoms with Gasteiger partial charge in [-0.05, 0) is 31.2 Å². The summed E-state index contributed by atoms with van der Waals surface area (Å²) in [5.74, 6) is -1.98. The Balaban J connectivity index is 1.62. The van der Waals surface area contributed by atoms with Crippen LogP contribution in [0.15, 0.2) is 30.3 Å². The van der Waals surface area contributed by atoms with Crippen molar-refractivity contribution in [3.8, 4) is 0 Å². The van der Waals surface area contributed by atoms with Crippen molar-refractivity contribution in [2.75, 3.05) is 19.7 Å². The summed E-state index contributed by atoms with van der Waals surface area (Å²) in [6.07, 6.45) is 1.95. The highest BCUT2D eigenvalue weighted by Gasteiger charge is 2.76. The van der Waals surface area contributed by atoms with Crippen LogP contribution in [0.4, 0.5) is 0 Å². The van der Waals surface area contributed by atoms with Gasteiger partial charge in [-0.15, -0.1) is 0 Å². The summed E-state index contributed by atoms with van der Waals surface area (Å²) in [4.78, 5) is 41.7. The van der Waals surface area contributed by atoms with Crippen molar-refractivity contribution < 1.29 is 24.2 Å². The lowest BCUT2D eigenvalue weighted by Crippen LogP contribution is -2.56. The molecule has 3 unspecified atom stereocenters. The van der Waals surface area contributed by atoms with Crippen molar-refractivity contribution in [3.63, 3.8) is 0 Å². The van der Waals surface area contributed by atoms with Crippen molar-refractivity contribution in [1.82, 2.24) is 15.5 Å². The molecule has 3 amide bonds. The van der Waals surface area contributed by atoms with E-state index in [0.29, 0.717) is 38.9 Å². The number of aliphatic hydroxyl groups is 1. The Kier molecular flexibility index (Phi) is 7.40. The number of likely N-dealkylation sites (tertiary alicyclic amines) is 1. The number of unbranched alkanes of at least 4 members (excludes halogenated alkanes) is 1. The first kappa shape index (κ1) is 24.2. The Labute approximate surface area is 202 Å². The standard InChI is InChI=1S/C24H32BrN3O5/c1-2-10-26-21(30)17-18-23(32)28(11-6-7-12-29)20(24(18)13-16(25)19(17)33-24)22(31)27-14-15-8-4-3-5-9-15/h3-5,8-9,16-20,29H,2,6-7,10-14H2,1H3,(H,26,30)(H,27,31)/t16?,17-,18-,19-,20?,24?/m0/s1. The zero-order valence-corrected chi connectivity index (χ0v) is 20.4. The first-order chi connectivity index (χ1) is 15.9. The number of amides is 3. The second-order valence-corrected chi connectivity index (χ2v) is 10.3. The molecule has 8 nitrogen and oxygen atoms in total. The Hall–Kier alpha value is -1.97. The molecule has 3 N–H and O–H groups in total. The highest BCUT2D eigenvalue weighted by atomic mass is 79.9. The molecular weight excluding hydrogens is 490 g/mol. The summed E-state index contributed by atoms with van der Waals surface area (Å²) in [5.41, 5.74) is -0.0766. The van der Waals surface area contributed by atoms with E-state index in [1.54, 1.807) is 4.90 Å². The number of alkyl halides is 1. The molecule has 0 aliphatic carbocycles. The Bertz CT molecular complexity index is 884. The summed E-state index contributed by atoms with van der Waals surface area (Å²) in [6, 6.07) is 8.78. The van der Waals surface area contributed by atoms with Gasteiger partial charge in [0.15, 0.2) is 0 Å². The largest absolute Gasteiger partial charge is 0.396 e. The second-order valence-electron chi connectivity index (χ2n) is 9.12. The summed E-state index contributed by atoms with van der Waals surface area (Å²) >= 11 is 3.66. The van der Waals surface area contributed by atoms with Gasteiger partial charge in [-0.2, -0.15) is 0 Å². The molecule has 3 saturated heterocycles. The van der Waals surface area contributed by atoms with Crippen LogP contribution >= 0.6 is 15.9 Å². The van der Waals surface area contributed by atoms with E-state index in [9.17, 15) is 19.5 Å². The van der Waals surface area contributed by atoms with E-state index in [2.05, 4.69) is 26.6 Å². The first-order valence-corrected chi connectivity index (χ1v) is 12.7. The van der Waals surface area contributed by atoms with Gasteiger partial charge in [0.2, 0.25) is 17.7 Å². The van der Waals surface area contributed by atoms with Crippen LogP contribution in [0, 0.1) is 11.8 Å². The summed E-state index contributed by atoms with van der Waals surface area (Å²) in [5, 5.41) is 15.1. The van der Waals surface area contributed by atoms with Crippen LogP contribution in [-0.4, -0.2) is 70.0 Å². The molecule has 3 aliphatic heterocycles. The minimum Gasteiger partial charge on any atom is -0.396 e. The molecule has 0 saturated carbocycles. The molecule has 1 aromatic carbocycles. The summed E-state index contributed by atoms with van der Waals surface area (Å²) < 4.78 is 6.42. The van der Waals surface area contributed by atoms with Crippen LogP contribution in [-0.2, 0) is 25.7 Å². The fraction of sp³-hybridized carbons (Fsp3) is 0.625. The van der Waals surface area contributed by atoms with Crippen molar-refractivity contribution in [2.24, 2.45) is 11.8 Å².